The van der Waals surface area contributed by atoms with E-state index in [1.54, 1.807) is 31.4 Å². The van der Waals surface area contributed by atoms with Crippen molar-refractivity contribution in [1.29, 1.82) is 0 Å². The second-order valence-electron chi connectivity index (χ2n) is 5.87. The summed E-state index contributed by atoms with van der Waals surface area (Å²) in [5.74, 6) is 0.420. The monoisotopic (exact) mass is 340 g/mol. The summed E-state index contributed by atoms with van der Waals surface area (Å²) in [6, 6.07) is 16.8. The fourth-order valence-corrected chi connectivity index (χ4v) is 2.21. The topological polar surface area (TPSA) is 59.9 Å². The first-order chi connectivity index (χ1) is 12.0. The molecular formula is C20H24N2O3. The van der Waals surface area contributed by atoms with E-state index >= 15 is 0 Å². The zero-order valence-corrected chi connectivity index (χ0v) is 15.0. The number of carbonyl (C=O) groups is 1. The predicted octanol–water partition coefficient (Wildman–Crippen LogP) is 3.97. The molecule has 0 aliphatic carbocycles. The van der Waals surface area contributed by atoms with Crippen molar-refractivity contribution in [1.82, 2.24) is 5.32 Å². The zero-order chi connectivity index (χ0) is 18.2. The smallest absolute Gasteiger partial charge is 0.292 e. The molecule has 2 aromatic carbocycles. The van der Waals surface area contributed by atoms with Crippen LogP contribution in [0.1, 0.15) is 42.7 Å². The minimum Gasteiger partial charge on any atom is -0.497 e. The van der Waals surface area contributed by atoms with Gasteiger partial charge in [0.15, 0.2) is 0 Å². The quantitative estimate of drug-likeness (QED) is 0.662. The SMILES string of the molecule is COc1ccc(C(=O)NC(=N[C@@H](C)c2ccccc2)OC(C)C)cc1. The number of amides is 1. The average Bonchev–Trinajstić information content (AvgIpc) is 2.61. The molecule has 25 heavy (non-hydrogen) atoms. The number of methoxy groups -OCH3 is 1. The largest absolute Gasteiger partial charge is 0.497 e. The minimum absolute atomic E-state index is 0.0992. The van der Waals surface area contributed by atoms with Gasteiger partial charge in [0.25, 0.3) is 11.9 Å². The fourth-order valence-electron chi connectivity index (χ4n) is 2.21. The van der Waals surface area contributed by atoms with Gasteiger partial charge in [0.05, 0.1) is 19.3 Å². The number of benzene rings is 2. The van der Waals surface area contributed by atoms with Crippen molar-refractivity contribution in [2.75, 3.05) is 7.11 Å². The molecule has 0 saturated carbocycles. The first kappa shape index (κ1) is 18.5. The van der Waals surface area contributed by atoms with Gasteiger partial charge in [-0.2, -0.15) is 0 Å². The Labute approximate surface area is 148 Å². The Balaban J connectivity index is 2.16. The number of hydrogen-bond donors (Lipinski definition) is 1. The molecule has 0 aliphatic rings. The first-order valence-electron chi connectivity index (χ1n) is 8.24. The van der Waals surface area contributed by atoms with Gasteiger partial charge in [0, 0.05) is 5.56 Å². The number of nitrogens with zero attached hydrogens (tertiary/aromatic N) is 1. The molecule has 0 fully saturated rings. The lowest BCUT2D eigenvalue weighted by Crippen LogP contribution is -2.34. The number of nitrogens with one attached hydrogen (secondary N) is 1. The van der Waals surface area contributed by atoms with Crippen LogP contribution in [0.5, 0.6) is 5.75 Å². The van der Waals surface area contributed by atoms with Crippen molar-refractivity contribution in [2.45, 2.75) is 32.9 Å². The number of ether oxygens (including phenoxy) is 2. The van der Waals surface area contributed by atoms with E-state index in [-0.39, 0.29) is 24.1 Å². The standard InChI is InChI=1S/C20H24N2O3/c1-14(2)25-20(21-15(3)16-8-6-5-7-9-16)22-19(23)17-10-12-18(24-4)13-11-17/h5-15H,1-4H3,(H,21,22,23)/t15-/m0/s1. The maximum Gasteiger partial charge on any atom is 0.292 e. The minimum atomic E-state index is -0.276. The summed E-state index contributed by atoms with van der Waals surface area (Å²) < 4.78 is 10.8. The molecule has 0 heterocycles. The molecule has 5 heteroatoms. The number of amidine groups is 1. The van der Waals surface area contributed by atoms with E-state index in [4.69, 9.17) is 9.47 Å². The molecular weight excluding hydrogens is 316 g/mol. The van der Waals surface area contributed by atoms with Gasteiger partial charge in [-0.3, -0.25) is 10.1 Å². The lowest BCUT2D eigenvalue weighted by Gasteiger charge is -2.16. The Hall–Kier alpha value is -2.82. The molecule has 1 atom stereocenters. The molecule has 5 nitrogen and oxygen atoms in total. The van der Waals surface area contributed by atoms with E-state index in [2.05, 4.69) is 10.3 Å². The van der Waals surface area contributed by atoms with E-state index in [9.17, 15) is 4.79 Å². The molecule has 2 rings (SSSR count). The molecule has 0 unspecified atom stereocenters. The Kier molecular flexibility index (Phi) is 6.57. The van der Waals surface area contributed by atoms with Gasteiger partial charge >= 0.3 is 0 Å². The highest BCUT2D eigenvalue weighted by atomic mass is 16.5. The van der Waals surface area contributed by atoms with Crippen molar-refractivity contribution in [2.24, 2.45) is 4.99 Å². The summed E-state index contributed by atoms with van der Waals surface area (Å²) in [6.07, 6.45) is -0.0992. The van der Waals surface area contributed by atoms with Crippen LogP contribution in [0.2, 0.25) is 0 Å². The summed E-state index contributed by atoms with van der Waals surface area (Å²) >= 11 is 0. The van der Waals surface area contributed by atoms with Crippen LogP contribution in [0.15, 0.2) is 59.6 Å². The molecule has 0 aromatic heterocycles. The molecule has 2 aromatic rings. The van der Waals surface area contributed by atoms with E-state index in [1.807, 2.05) is 51.1 Å². The summed E-state index contributed by atoms with van der Waals surface area (Å²) in [7, 11) is 1.58. The second kappa shape index (κ2) is 8.87. The maximum absolute atomic E-state index is 12.4. The third kappa shape index (κ3) is 5.64. The Morgan fingerprint density at radius 1 is 1.00 bits per heavy atom. The molecule has 1 N–H and O–H groups in total. The van der Waals surface area contributed by atoms with Crippen LogP contribution in [0, 0.1) is 0 Å². The van der Waals surface area contributed by atoms with Crippen LogP contribution < -0.4 is 10.1 Å². The first-order valence-corrected chi connectivity index (χ1v) is 8.24. The summed E-state index contributed by atoms with van der Waals surface area (Å²) in [4.78, 5) is 17.0. The Morgan fingerprint density at radius 3 is 2.20 bits per heavy atom. The lowest BCUT2D eigenvalue weighted by molar-refractivity contribution is 0.0959. The molecule has 0 radical (unpaired) electrons. The number of aliphatic imine (C=N–C) groups is 1. The predicted molar refractivity (Wildman–Crippen MR) is 99.0 cm³/mol. The van der Waals surface area contributed by atoms with E-state index < -0.39 is 0 Å². The highest BCUT2D eigenvalue weighted by molar-refractivity contribution is 6.04. The molecule has 0 bridgehead atoms. The number of carbonyl (C=O) groups excluding carboxylic acids is 1. The van der Waals surface area contributed by atoms with Gasteiger partial charge in [-0.25, -0.2) is 4.99 Å². The van der Waals surface area contributed by atoms with Crippen LogP contribution in [0.3, 0.4) is 0 Å². The van der Waals surface area contributed by atoms with Crippen LogP contribution in [0.25, 0.3) is 0 Å². The zero-order valence-electron chi connectivity index (χ0n) is 15.0. The van der Waals surface area contributed by atoms with Gasteiger partial charge < -0.3 is 9.47 Å². The third-order valence-corrected chi connectivity index (χ3v) is 3.51. The van der Waals surface area contributed by atoms with Crippen LogP contribution in [-0.2, 0) is 4.74 Å². The maximum atomic E-state index is 12.4. The van der Waals surface area contributed by atoms with Crippen molar-refractivity contribution < 1.29 is 14.3 Å². The van der Waals surface area contributed by atoms with Gasteiger partial charge in [0.1, 0.15) is 5.75 Å². The van der Waals surface area contributed by atoms with Crippen molar-refractivity contribution in [3.63, 3.8) is 0 Å². The number of hydrogen-bond acceptors (Lipinski definition) is 4. The fraction of sp³-hybridized carbons (Fsp3) is 0.300. The lowest BCUT2D eigenvalue weighted by atomic mass is 10.1. The normalized spacial score (nSPS) is 12.6. The molecule has 0 aliphatic heterocycles. The highest BCUT2D eigenvalue weighted by Gasteiger charge is 2.14. The third-order valence-electron chi connectivity index (χ3n) is 3.51. The van der Waals surface area contributed by atoms with Crippen molar-refractivity contribution >= 4 is 11.9 Å². The summed E-state index contributed by atoms with van der Waals surface area (Å²) in [5.41, 5.74) is 1.55. The molecule has 132 valence electrons. The number of rotatable bonds is 5. The van der Waals surface area contributed by atoms with Gasteiger partial charge in [-0.15, -0.1) is 0 Å². The van der Waals surface area contributed by atoms with E-state index in [1.165, 1.54) is 0 Å². The Bertz CT molecular complexity index is 709. The highest BCUT2D eigenvalue weighted by Crippen LogP contribution is 2.16. The van der Waals surface area contributed by atoms with Gasteiger partial charge in [0.2, 0.25) is 0 Å². The van der Waals surface area contributed by atoms with E-state index in [0.29, 0.717) is 11.3 Å². The Morgan fingerprint density at radius 2 is 1.64 bits per heavy atom. The van der Waals surface area contributed by atoms with Crippen molar-refractivity contribution in [3.8, 4) is 5.75 Å². The van der Waals surface area contributed by atoms with Gasteiger partial charge in [-0.1, -0.05) is 30.3 Å². The molecule has 0 spiro atoms. The second-order valence-corrected chi connectivity index (χ2v) is 5.87. The van der Waals surface area contributed by atoms with E-state index in [0.717, 1.165) is 5.56 Å². The summed E-state index contributed by atoms with van der Waals surface area (Å²) in [6.45, 7) is 5.74. The average molecular weight is 340 g/mol. The summed E-state index contributed by atoms with van der Waals surface area (Å²) in [5, 5.41) is 2.75. The molecule has 0 saturated heterocycles. The van der Waals surface area contributed by atoms with Gasteiger partial charge in [-0.05, 0) is 50.6 Å². The van der Waals surface area contributed by atoms with Crippen LogP contribution >= 0.6 is 0 Å². The van der Waals surface area contributed by atoms with Crippen molar-refractivity contribution in [3.05, 3.63) is 65.7 Å². The molecule has 1 amide bonds. The van der Waals surface area contributed by atoms with Crippen LogP contribution in [0.4, 0.5) is 0 Å². The van der Waals surface area contributed by atoms with Crippen LogP contribution in [-0.4, -0.2) is 25.1 Å².